The van der Waals surface area contributed by atoms with Crippen molar-refractivity contribution in [3.8, 4) is 5.75 Å². The summed E-state index contributed by atoms with van der Waals surface area (Å²) in [5.41, 5.74) is 7.33. The minimum Gasteiger partial charge on any atom is -0.487 e. The molecule has 0 saturated heterocycles. The summed E-state index contributed by atoms with van der Waals surface area (Å²) in [6.07, 6.45) is 7.63. The number of benzene rings is 1. The van der Waals surface area contributed by atoms with E-state index in [9.17, 15) is 4.79 Å². The van der Waals surface area contributed by atoms with Crippen molar-refractivity contribution < 1.29 is 9.53 Å². The smallest absolute Gasteiger partial charge is 0.220 e. The largest absolute Gasteiger partial charge is 0.487 e. The summed E-state index contributed by atoms with van der Waals surface area (Å²) < 4.78 is 6.02. The van der Waals surface area contributed by atoms with Crippen molar-refractivity contribution in [2.75, 3.05) is 5.73 Å². The lowest BCUT2D eigenvalue weighted by Gasteiger charge is -2.38. The van der Waals surface area contributed by atoms with Crippen LogP contribution < -0.4 is 15.8 Å². The number of halogens is 1. The van der Waals surface area contributed by atoms with Crippen molar-refractivity contribution in [2.24, 2.45) is 5.92 Å². The zero-order valence-corrected chi connectivity index (χ0v) is 15.5. The molecule has 0 radical (unpaired) electrons. The van der Waals surface area contributed by atoms with Crippen molar-refractivity contribution in [3.05, 3.63) is 23.8 Å². The van der Waals surface area contributed by atoms with Crippen LogP contribution in [0.3, 0.4) is 0 Å². The highest BCUT2D eigenvalue weighted by Crippen LogP contribution is 2.40. The molecule has 1 unspecified atom stereocenters. The zero-order valence-electron chi connectivity index (χ0n) is 14.6. The quantitative estimate of drug-likeness (QED) is 0.790. The first-order valence-corrected chi connectivity index (χ1v) is 8.81. The first-order valence-electron chi connectivity index (χ1n) is 8.81. The summed E-state index contributed by atoms with van der Waals surface area (Å²) in [6, 6.07) is 5.66. The standard InChI is InChI=1S/C19H28N2O2.ClH/c1-19(2)12-16(15-11-14(20)8-9-17(15)23-19)21-18(22)10-7-13-5-3-4-6-13;/h8-9,11,13,16H,3-7,10,12,20H2,1-2H3,(H,21,22);1H. The first-order chi connectivity index (χ1) is 10.9. The number of anilines is 1. The molecule has 0 spiro atoms. The van der Waals surface area contributed by atoms with Gasteiger partial charge in [-0.15, -0.1) is 12.4 Å². The third kappa shape index (κ3) is 4.56. The normalized spacial score (nSPS) is 22.2. The Hall–Kier alpha value is -1.42. The summed E-state index contributed by atoms with van der Waals surface area (Å²) in [5.74, 6) is 1.72. The second kappa shape index (κ2) is 7.64. The van der Waals surface area contributed by atoms with E-state index in [1.54, 1.807) is 0 Å². The Balaban J connectivity index is 0.00000208. The molecule has 1 aromatic rings. The van der Waals surface area contributed by atoms with Crippen LogP contribution in [0.1, 0.15) is 70.4 Å². The van der Waals surface area contributed by atoms with Gasteiger partial charge in [0.25, 0.3) is 0 Å². The molecule has 3 rings (SSSR count). The molecule has 1 aliphatic carbocycles. The number of carbonyl (C=O) groups is 1. The number of nitrogen functional groups attached to an aromatic ring is 1. The average Bonchev–Trinajstić information content (AvgIpc) is 2.98. The third-order valence-corrected chi connectivity index (χ3v) is 5.08. The number of nitrogens with two attached hydrogens (primary N) is 1. The lowest BCUT2D eigenvalue weighted by molar-refractivity contribution is -0.122. The van der Waals surface area contributed by atoms with Gasteiger partial charge in [0.1, 0.15) is 11.4 Å². The molecule has 4 nitrogen and oxygen atoms in total. The fraction of sp³-hybridized carbons (Fsp3) is 0.632. The molecule has 1 atom stereocenters. The van der Waals surface area contributed by atoms with E-state index in [-0.39, 0.29) is 30.0 Å². The van der Waals surface area contributed by atoms with Crippen LogP contribution >= 0.6 is 12.4 Å². The van der Waals surface area contributed by atoms with Gasteiger partial charge in [-0.25, -0.2) is 0 Å². The van der Waals surface area contributed by atoms with Crippen LogP contribution in [0.2, 0.25) is 0 Å². The van der Waals surface area contributed by atoms with E-state index in [4.69, 9.17) is 10.5 Å². The van der Waals surface area contributed by atoms with Gasteiger partial charge in [0.15, 0.2) is 0 Å². The number of amides is 1. The maximum atomic E-state index is 12.4. The Morgan fingerprint density at radius 2 is 2.04 bits per heavy atom. The van der Waals surface area contributed by atoms with Crippen LogP contribution in [0.5, 0.6) is 5.75 Å². The zero-order chi connectivity index (χ0) is 16.4. The van der Waals surface area contributed by atoms with Gasteiger partial charge >= 0.3 is 0 Å². The van der Waals surface area contributed by atoms with Crippen LogP contribution in [-0.2, 0) is 4.79 Å². The fourth-order valence-corrected chi connectivity index (χ4v) is 3.90. The Labute approximate surface area is 150 Å². The molecule has 2 aliphatic rings. The van der Waals surface area contributed by atoms with E-state index in [2.05, 4.69) is 19.2 Å². The van der Waals surface area contributed by atoms with E-state index in [1.807, 2.05) is 18.2 Å². The Kier molecular flexibility index (Phi) is 6.02. The summed E-state index contributed by atoms with van der Waals surface area (Å²) in [4.78, 5) is 12.4. The molecule has 1 amide bonds. The molecule has 5 heteroatoms. The Morgan fingerprint density at radius 1 is 1.33 bits per heavy atom. The van der Waals surface area contributed by atoms with Crippen molar-refractivity contribution in [1.29, 1.82) is 0 Å². The molecular weight excluding hydrogens is 324 g/mol. The van der Waals surface area contributed by atoms with E-state index >= 15 is 0 Å². The molecule has 1 heterocycles. The SMILES string of the molecule is CC1(C)CC(NC(=O)CCC2CCCC2)c2cc(N)ccc2O1.Cl. The van der Waals surface area contributed by atoms with E-state index in [0.29, 0.717) is 12.1 Å². The maximum Gasteiger partial charge on any atom is 0.220 e. The molecule has 1 saturated carbocycles. The fourth-order valence-electron chi connectivity index (χ4n) is 3.90. The number of ether oxygens (including phenoxy) is 1. The van der Waals surface area contributed by atoms with Gasteiger partial charge in [0.05, 0.1) is 6.04 Å². The lowest BCUT2D eigenvalue weighted by atomic mass is 9.89. The molecule has 3 N–H and O–H groups in total. The summed E-state index contributed by atoms with van der Waals surface area (Å²) >= 11 is 0. The van der Waals surface area contributed by atoms with Crippen molar-refractivity contribution in [1.82, 2.24) is 5.32 Å². The monoisotopic (exact) mass is 352 g/mol. The summed E-state index contributed by atoms with van der Waals surface area (Å²) in [6.45, 7) is 4.12. The number of nitrogens with one attached hydrogen (secondary N) is 1. The number of carbonyl (C=O) groups excluding carboxylic acids is 1. The minimum atomic E-state index is -0.285. The second-order valence-corrected chi connectivity index (χ2v) is 7.67. The molecule has 134 valence electrons. The van der Waals surface area contributed by atoms with Crippen molar-refractivity contribution >= 4 is 24.0 Å². The number of fused-ring (bicyclic) bond motifs is 1. The predicted molar refractivity (Wildman–Crippen MR) is 99.5 cm³/mol. The predicted octanol–water partition coefficient (Wildman–Crippen LogP) is 4.38. The van der Waals surface area contributed by atoms with E-state index in [1.165, 1.54) is 25.7 Å². The van der Waals surface area contributed by atoms with Crippen LogP contribution in [0.15, 0.2) is 18.2 Å². The third-order valence-electron chi connectivity index (χ3n) is 5.08. The highest BCUT2D eigenvalue weighted by atomic mass is 35.5. The second-order valence-electron chi connectivity index (χ2n) is 7.67. The lowest BCUT2D eigenvalue weighted by Crippen LogP contribution is -2.41. The topological polar surface area (TPSA) is 64.4 Å². The van der Waals surface area contributed by atoms with Crippen LogP contribution in [0, 0.1) is 5.92 Å². The van der Waals surface area contributed by atoms with Gasteiger partial charge in [-0.2, -0.15) is 0 Å². The van der Waals surface area contributed by atoms with Gasteiger partial charge < -0.3 is 15.8 Å². The molecule has 1 aromatic carbocycles. The highest BCUT2D eigenvalue weighted by Gasteiger charge is 2.34. The van der Waals surface area contributed by atoms with Crippen LogP contribution in [-0.4, -0.2) is 11.5 Å². The Morgan fingerprint density at radius 3 is 2.75 bits per heavy atom. The van der Waals surface area contributed by atoms with Crippen LogP contribution in [0.25, 0.3) is 0 Å². The molecule has 0 aromatic heterocycles. The highest BCUT2D eigenvalue weighted by molar-refractivity contribution is 5.85. The van der Waals surface area contributed by atoms with E-state index < -0.39 is 0 Å². The van der Waals surface area contributed by atoms with Crippen molar-refractivity contribution in [3.63, 3.8) is 0 Å². The van der Waals surface area contributed by atoms with Gasteiger partial charge in [-0.1, -0.05) is 25.7 Å². The number of hydrogen-bond donors (Lipinski definition) is 2. The van der Waals surface area contributed by atoms with Crippen molar-refractivity contribution in [2.45, 2.75) is 70.4 Å². The summed E-state index contributed by atoms with van der Waals surface area (Å²) in [7, 11) is 0. The van der Waals surface area contributed by atoms with Crippen LogP contribution in [0.4, 0.5) is 5.69 Å². The van der Waals surface area contributed by atoms with Gasteiger partial charge in [-0.05, 0) is 44.4 Å². The van der Waals surface area contributed by atoms with Gasteiger partial charge in [0.2, 0.25) is 5.91 Å². The first kappa shape index (κ1) is 18.9. The number of hydrogen-bond acceptors (Lipinski definition) is 3. The molecule has 1 fully saturated rings. The maximum absolute atomic E-state index is 12.4. The van der Waals surface area contributed by atoms with E-state index in [0.717, 1.165) is 30.1 Å². The van der Waals surface area contributed by atoms with Gasteiger partial charge in [0, 0.05) is 24.1 Å². The minimum absolute atomic E-state index is 0. The molecule has 0 bridgehead atoms. The molecule has 24 heavy (non-hydrogen) atoms. The molecular formula is C19H29ClN2O2. The Bertz CT molecular complexity index is 583. The number of rotatable bonds is 4. The summed E-state index contributed by atoms with van der Waals surface area (Å²) in [5, 5.41) is 3.21. The molecule has 1 aliphatic heterocycles. The average molecular weight is 353 g/mol. The van der Waals surface area contributed by atoms with Gasteiger partial charge in [-0.3, -0.25) is 4.79 Å².